The average molecular weight is 240 g/mol. The molecular formula is C12H20N2OS. The maximum atomic E-state index is 5.43. The van der Waals surface area contributed by atoms with Crippen LogP contribution in [0.3, 0.4) is 0 Å². The van der Waals surface area contributed by atoms with E-state index >= 15 is 0 Å². The molecule has 0 radical (unpaired) electrons. The van der Waals surface area contributed by atoms with E-state index in [-0.39, 0.29) is 0 Å². The van der Waals surface area contributed by atoms with Gasteiger partial charge in [-0.1, -0.05) is 6.92 Å². The lowest BCUT2D eigenvalue weighted by Crippen LogP contribution is -2.33. The van der Waals surface area contributed by atoms with Crippen LogP contribution in [0.1, 0.15) is 24.8 Å². The fourth-order valence-corrected chi connectivity index (χ4v) is 2.96. The Morgan fingerprint density at radius 2 is 2.62 bits per heavy atom. The maximum absolute atomic E-state index is 5.43. The zero-order valence-electron chi connectivity index (χ0n) is 9.82. The summed E-state index contributed by atoms with van der Waals surface area (Å²) in [5.74, 6) is 0.740. The molecule has 1 aromatic rings. The van der Waals surface area contributed by atoms with Crippen molar-refractivity contribution >= 4 is 11.3 Å². The Morgan fingerprint density at radius 3 is 3.25 bits per heavy atom. The molecule has 0 spiro atoms. The molecule has 0 saturated carbocycles. The number of thiazole rings is 1. The van der Waals surface area contributed by atoms with E-state index in [1.54, 1.807) is 11.3 Å². The van der Waals surface area contributed by atoms with Crippen molar-refractivity contribution < 1.29 is 4.74 Å². The SMILES string of the molecule is CCNC(Cc1nccs1)CC1CCOC1. The van der Waals surface area contributed by atoms with Gasteiger partial charge in [0, 0.05) is 37.3 Å². The summed E-state index contributed by atoms with van der Waals surface area (Å²) in [6.07, 6.45) is 5.39. The summed E-state index contributed by atoms with van der Waals surface area (Å²) in [7, 11) is 0. The van der Waals surface area contributed by atoms with Gasteiger partial charge < -0.3 is 10.1 Å². The molecule has 90 valence electrons. The normalized spacial score (nSPS) is 22.4. The van der Waals surface area contributed by atoms with Crippen molar-refractivity contribution in [1.29, 1.82) is 0 Å². The van der Waals surface area contributed by atoms with Crippen LogP contribution in [-0.4, -0.2) is 30.8 Å². The van der Waals surface area contributed by atoms with Crippen LogP contribution >= 0.6 is 11.3 Å². The minimum absolute atomic E-state index is 0.558. The van der Waals surface area contributed by atoms with Gasteiger partial charge in [-0.3, -0.25) is 0 Å². The summed E-state index contributed by atoms with van der Waals surface area (Å²) in [6, 6.07) is 0.558. The molecule has 1 saturated heterocycles. The van der Waals surface area contributed by atoms with E-state index in [4.69, 9.17) is 4.74 Å². The predicted molar refractivity (Wildman–Crippen MR) is 66.8 cm³/mol. The van der Waals surface area contributed by atoms with Crippen LogP contribution < -0.4 is 5.32 Å². The lowest BCUT2D eigenvalue weighted by atomic mass is 9.97. The minimum atomic E-state index is 0.558. The third-order valence-corrected chi connectivity index (χ3v) is 3.84. The van der Waals surface area contributed by atoms with Gasteiger partial charge in [-0.2, -0.15) is 0 Å². The first kappa shape index (κ1) is 12.0. The molecule has 1 aliphatic heterocycles. The second kappa shape index (κ2) is 6.33. The zero-order chi connectivity index (χ0) is 11.2. The zero-order valence-corrected chi connectivity index (χ0v) is 10.6. The number of hydrogen-bond donors (Lipinski definition) is 1. The van der Waals surface area contributed by atoms with E-state index in [1.165, 1.54) is 17.8 Å². The van der Waals surface area contributed by atoms with E-state index in [9.17, 15) is 0 Å². The standard InChI is InChI=1S/C12H20N2OS/c1-2-13-11(7-10-3-5-15-9-10)8-12-14-4-6-16-12/h4,6,10-11,13H,2-3,5,7-9H2,1H3. The highest BCUT2D eigenvalue weighted by Gasteiger charge is 2.20. The lowest BCUT2D eigenvalue weighted by Gasteiger charge is -2.19. The number of hydrogen-bond acceptors (Lipinski definition) is 4. The monoisotopic (exact) mass is 240 g/mol. The molecule has 0 amide bonds. The first-order valence-electron chi connectivity index (χ1n) is 6.08. The van der Waals surface area contributed by atoms with Gasteiger partial charge in [0.1, 0.15) is 0 Å². The lowest BCUT2D eigenvalue weighted by molar-refractivity contribution is 0.181. The van der Waals surface area contributed by atoms with Gasteiger partial charge in [0.25, 0.3) is 0 Å². The van der Waals surface area contributed by atoms with E-state index in [1.807, 2.05) is 6.20 Å². The Hall–Kier alpha value is -0.450. The predicted octanol–water partition coefficient (Wildman–Crippen LogP) is 2.09. The van der Waals surface area contributed by atoms with Gasteiger partial charge in [-0.15, -0.1) is 11.3 Å². The van der Waals surface area contributed by atoms with Crippen LogP contribution in [0.25, 0.3) is 0 Å². The van der Waals surface area contributed by atoms with Gasteiger partial charge in [0.15, 0.2) is 0 Å². The Morgan fingerprint density at radius 1 is 1.69 bits per heavy atom. The van der Waals surface area contributed by atoms with Gasteiger partial charge in [-0.25, -0.2) is 4.98 Å². The molecule has 0 aliphatic carbocycles. The first-order valence-corrected chi connectivity index (χ1v) is 6.96. The number of rotatable bonds is 6. The molecule has 1 fully saturated rings. The van der Waals surface area contributed by atoms with Crippen LogP contribution in [0, 0.1) is 5.92 Å². The van der Waals surface area contributed by atoms with Crippen molar-refractivity contribution in [3.05, 3.63) is 16.6 Å². The first-order chi connectivity index (χ1) is 7.88. The average Bonchev–Trinajstić information content (AvgIpc) is 2.91. The molecule has 2 heterocycles. The smallest absolute Gasteiger partial charge is 0.0940 e. The maximum Gasteiger partial charge on any atom is 0.0940 e. The molecule has 0 bridgehead atoms. The van der Waals surface area contributed by atoms with Crippen molar-refractivity contribution in [1.82, 2.24) is 10.3 Å². The van der Waals surface area contributed by atoms with E-state index in [0.29, 0.717) is 6.04 Å². The van der Waals surface area contributed by atoms with Crippen molar-refractivity contribution in [3.8, 4) is 0 Å². The van der Waals surface area contributed by atoms with Crippen molar-refractivity contribution in [2.75, 3.05) is 19.8 Å². The third kappa shape index (κ3) is 3.54. The summed E-state index contributed by atoms with van der Waals surface area (Å²) in [5, 5.41) is 6.85. The number of likely N-dealkylation sites (N-methyl/N-ethyl adjacent to an activating group) is 1. The second-order valence-corrected chi connectivity index (χ2v) is 5.33. The molecule has 2 rings (SSSR count). The number of nitrogens with one attached hydrogen (secondary N) is 1. The summed E-state index contributed by atoms with van der Waals surface area (Å²) < 4.78 is 5.43. The van der Waals surface area contributed by atoms with Gasteiger partial charge in [-0.05, 0) is 25.3 Å². The molecule has 0 aromatic carbocycles. The van der Waals surface area contributed by atoms with Crippen LogP contribution in [0.4, 0.5) is 0 Å². The van der Waals surface area contributed by atoms with E-state index < -0.39 is 0 Å². The fraction of sp³-hybridized carbons (Fsp3) is 0.750. The molecular weight excluding hydrogens is 220 g/mol. The van der Waals surface area contributed by atoms with E-state index in [0.717, 1.165) is 32.1 Å². The number of nitrogens with zero attached hydrogens (tertiary/aromatic N) is 1. The van der Waals surface area contributed by atoms with Crippen LogP contribution in [0.5, 0.6) is 0 Å². The van der Waals surface area contributed by atoms with Crippen molar-refractivity contribution in [3.63, 3.8) is 0 Å². The van der Waals surface area contributed by atoms with Crippen LogP contribution in [0.15, 0.2) is 11.6 Å². The Labute approximate surface area is 101 Å². The van der Waals surface area contributed by atoms with Crippen LogP contribution in [-0.2, 0) is 11.2 Å². The van der Waals surface area contributed by atoms with Gasteiger partial charge in [0.05, 0.1) is 5.01 Å². The van der Waals surface area contributed by atoms with Crippen molar-refractivity contribution in [2.45, 2.75) is 32.2 Å². The molecule has 3 nitrogen and oxygen atoms in total. The molecule has 1 aliphatic rings. The second-order valence-electron chi connectivity index (χ2n) is 4.35. The Balaban J connectivity index is 1.83. The minimum Gasteiger partial charge on any atom is -0.381 e. The highest BCUT2D eigenvalue weighted by molar-refractivity contribution is 7.09. The molecule has 2 atom stereocenters. The summed E-state index contributed by atoms with van der Waals surface area (Å²) in [6.45, 7) is 5.09. The molecule has 4 heteroatoms. The number of ether oxygens (including phenoxy) is 1. The molecule has 2 unspecified atom stereocenters. The highest BCUT2D eigenvalue weighted by atomic mass is 32.1. The summed E-state index contributed by atoms with van der Waals surface area (Å²) in [4.78, 5) is 4.36. The summed E-state index contributed by atoms with van der Waals surface area (Å²) >= 11 is 1.75. The largest absolute Gasteiger partial charge is 0.381 e. The van der Waals surface area contributed by atoms with Crippen molar-refractivity contribution in [2.24, 2.45) is 5.92 Å². The summed E-state index contributed by atoms with van der Waals surface area (Å²) in [5.41, 5.74) is 0. The molecule has 1 aromatic heterocycles. The van der Waals surface area contributed by atoms with E-state index in [2.05, 4.69) is 22.6 Å². The van der Waals surface area contributed by atoms with Gasteiger partial charge in [0.2, 0.25) is 0 Å². The highest BCUT2D eigenvalue weighted by Crippen LogP contribution is 2.20. The quantitative estimate of drug-likeness (QED) is 0.827. The fourth-order valence-electron chi connectivity index (χ4n) is 2.26. The number of aromatic nitrogens is 1. The van der Waals surface area contributed by atoms with Crippen LogP contribution in [0.2, 0.25) is 0 Å². The topological polar surface area (TPSA) is 34.2 Å². The Kier molecular flexibility index (Phi) is 4.75. The van der Waals surface area contributed by atoms with Gasteiger partial charge >= 0.3 is 0 Å². The molecule has 16 heavy (non-hydrogen) atoms. The molecule has 1 N–H and O–H groups in total. The third-order valence-electron chi connectivity index (χ3n) is 3.04. The Bertz CT molecular complexity index is 283.